The number of ether oxygens (including phenoxy) is 2. The van der Waals surface area contributed by atoms with Crippen LogP contribution in [0.3, 0.4) is 0 Å². The summed E-state index contributed by atoms with van der Waals surface area (Å²) >= 11 is 0. The maximum absolute atomic E-state index is 11.5. The Morgan fingerprint density at radius 2 is 1.00 bits per heavy atom. The van der Waals surface area contributed by atoms with Gasteiger partial charge in [-0.25, -0.2) is 9.59 Å². The largest absolute Gasteiger partial charge is 0.451 e. The molecule has 0 saturated carbocycles. The third kappa shape index (κ3) is 9.39. The lowest BCUT2D eigenvalue weighted by Crippen LogP contribution is -2.26. The lowest BCUT2D eigenvalue weighted by atomic mass is 10.1. The molecule has 8 heteroatoms. The average Bonchev–Trinajstić information content (AvgIpc) is 2.43. The Morgan fingerprint density at radius 1 is 0.708 bits per heavy atom. The second kappa shape index (κ2) is 10.2. The fourth-order valence-electron chi connectivity index (χ4n) is 1.47. The molecule has 0 fully saturated rings. The van der Waals surface area contributed by atoms with Crippen molar-refractivity contribution in [1.82, 2.24) is 0 Å². The van der Waals surface area contributed by atoms with Gasteiger partial charge in [-0.15, -0.1) is 0 Å². The van der Waals surface area contributed by atoms with Crippen LogP contribution in [0.5, 0.6) is 0 Å². The number of hydrogen-bond acceptors (Lipinski definition) is 8. The molecule has 0 bridgehead atoms. The van der Waals surface area contributed by atoms with E-state index < -0.39 is 35.7 Å². The topological polar surface area (TPSA) is 121 Å². The second-order valence-electron chi connectivity index (χ2n) is 5.18. The van der Waals surface area contributed by atoms with Gasteiger partial charge in [0, 0.05) is 12.2 Å². The van der Waals surface area contributed by atoms with Crippen LogP contribution in [0, 0.1) is 0 Å². The first kappa shape index (κ1) is 21.4. The van der Waals surface area contributed by atoms with E-state index in [1.165, 1.54) is 27.7 Å². The number of carbonyl (C=O) groups is 6. The van der Waals surface area contributed by atoms with Crippen molar-refractivity contribution in [2.75, 3.05) is 0 Å². The summed E-state index contributed by atoms with van der Waals surface area (Å²) in [5.41, 5.74) is 0. The lowest BCUT2D eigenvalue weighted by molar-refractivity contribution is -0.151. The van der Waals surface area contributed by atoms with Crippen molar-refractivity contribution in [1.29, 1.82) is 0 Å². The van der Waals surface area contributed by atoms with Gasteiger partial charge in [0.1, 0.15) is 11.6 Å². The van der Waals surface area contributed by atoms with Crippen LogP contribution in [0.1, 0.15) is 40.5 Å². The maximum Gasteiger partial charge on any atom is 0.331 e. The van der Waals surface area contributed by atoms with Crippen LogP contribution in [0.15, 0.2) is 12.2 Å². The van der Waals surface area contributed by atoms with Gasteiger partial charge in [0.15, 0.2) is 23.8 Å². The maximum atomic E-state index is 11.5. The van der Waals surface area contributed by atoms with E-state index in [9.17, 15) is 28.8 Å². The van der Waals surface area contributed by atoms with Crippen LogP contribution in [-0.4, -0.2) is 47.3 Å². The molecule has 0 amide bonds. The summed E-state index contributed by atoms with van der Waals surface area (Å²) < 4.78 is 9.44. The summed E-state index contributed by atoms with van der Waals surface area (Å²) in [6, 6.07) is 0. The summed E-state index contributed by atoms with van der Waals surface area (Å²) in [5, 5.41) is 0. The summed E-state index contributed by atoms with van der Waals surface area (Å²) in [6.45, 7) is 5.07. The van der Waals surface area contributed by atoms with Gasteiger partial charge in [-0.3, -0.25) is 19.2 Å². The Morgan fingerprint density at radius 3 is 1.25 bits per heavy atom. The Balaban J connectivity index is 4.41. The van der Waals surface area contributed by atoms with E-state index in [2.05, 4.69) is 0 Å². The zero-order chi connectivity index (χ0) is 18.9. The van der Waals surface area contributed by atoms with Gasteiger partial charge in [-0.05, 0) is 27.7 Å². The number of rotatable bonds is 10. The quantitative estimate of drug-likeness (QED) is 0.320. The number of esters is 2. The van der Waals surface area contributed by atoms with E-state index in [-0.39, 0.29) is 24.4 Å². The zero-order valence-corrected chi connectivity index (χ0v) is 14.0. The summed E-state index contributed by atoms with van der Waals surface area (Å²) in [5.74, 6) is -3.78. The van der Waals surface area contributed by atoms with Crippen LogP contribution in [-0.2, 0) is 38.2 Å². The monoisotopic (exact) mass is 340 g/mol. The molecule has 0 spiro atoms. The van der Waals surface area contributed by atoms with Crippen LogP contribution < -0.4 is 0 Å². The number of hydrogen-bond donors (Lipinski definition) is 0. The molecule has 0 saturated heterocycles. The first-order valence-corrected chi connectivity index (χ1v) is 7.16. The highest BCUT2D eigenvalue weighted by Gasteiger charge is 2.19. The molecular formula is C16H20O8. The smallest absolute Gasteiger partial charge is 0.331 e. The first-order valence-electron chi connectivity index (χ1n) is 7.16. The van der Waals surface area contributed by atoms with Crippen LogP contribution in [0.25, 0.3) is 0 Å². The molecule has 0 aliphatic carbocycles. The second-order valence-corrected chi connectivity index (χ2v) is 5.18. The van der Waals surface area contributed by atoms with Crippen molar-refractivity contribution >= 4 is 35.1 Å². The van der Waals surface area contributed by atoms with Gasteiger partial charge in [0.2, 0.25) is 0 Å². The van der Waals surface area contributed by atoms with Crippen LogP contribution in [0.4, 0.5) is 0 Å². The van der Waals surface area contributed by atoms with Crippen molar-refractivity contribution in [3.05, 3.63) is 12.2 Å². The van der Waals surface area contributed by atoms with Gasteiger partial charge in [-0.2, -0.15) is 0 Å². The molecule has 0 aliphatic rings. The molecule has 0 aliphatic heterocycles. The van der Waals surface area contributed by atoms with E-state index in [0.29, 0.717) is 0 Å². The van der Waals surface area contributed by atoms with E-state index in [0.717, 1.165) is 12.2 Å². The minimum absolute atomic E-state index is 0.351. The molecular weight excluding hydrogens is 320 g/mol. The fraction of sp³-hybridized carbons (Fsp3) is 0.500. The molecule has 2 atom stereocenters. The summed E-state index contributed by atoms with van der Waals surface area (Å²) in [7, 11) is 0. The Hall–Kier alpha value is -2.64. The van der Waals surface area contributed by atoms with Gasteiger partial charge in [0.25, 0.3) is 0 Å². The first-order chi connectivity index (χ1) is 11.0. The van der Waals surface area contributed by atoms with Gasteiger partial charge < -0.3 is 9.47 Å². The molecule has 0 aromatic heterocycles. The van der Waals surface area contributed by atoms with Crippen molar-refractivity contribution in [2.45, 2.75) is 52.7 Å². The Bertz CT molecular complexity index is 523. The molecule has 0 radical (unpaired) electrons. The standard InChI is InChI=1S/C16H20O8/c1-9(17)7-13(19)11(3)23-15(21)5-6-16(22)24-12(4)14(20)8-10(2)18/h5-6,11-12H,7-8H2,1-4H3/b6-5-. The Kier molecular flexibility index (Phi) is 9.07. The highest BCUT2D eigenvalue weighted by Crippen LogP contribution is 2.01. The molecule has 0 aromatic carbocycles. The highest BCUT2D eigenvalue weighted by molar-refractivity contribution is 6.02. The molecule has 132 valence electrons. The van der Waals surface area contributed by atoms with Crippen LogP contribution in [0.2, 0.25) is 0 Å². The number of carbonyl (C=O) groups excluding carboxylic acids is 6. The van der Waals surface area contributed by atoms with E-state index in [1.807, 2.05) is 0 Å². The molecule has 0 N–H and O–H groups in total. The van der Waals surface area contributed by atoms with Crippen LogP contribution >= 0.6 is 0 Å². The molecule has 2 unspecified atom stereocenters. The fourth-order valence-corrected chi connectivity index (χ4v) is 1.47. The molecule has 0 aromatic rings. The van der Waals surface area contributed by atoms with E-state index in [1.54, 1.807) is 0 Å². The SMILES string of the molecule is CC(=O)CC(=O)C(C)OC(=O)/C=C\C(=O)OC(C)C(=O)CC(C)=O. The molecule has 0 heterocycles. The average molecular weight is 340 g/mol. The molecule has 8 nitrogen and oxygen atoms in total. The summed E-state index contributed by atoms with van der Waals surface area (Å²) in [4.78, 5) is 67.4. The third-order valence-electron chi connectivity index (χ3n) is 2.69. The number of Topliss-reactive ketones (excluding diaryl/α,β-unsaturated/α-hetero) is 4. The van der Waals surface area contributed by atoms with Gasteiger partial charge in [0.05, 0.1) is 12.8 Å². The number of ketones is 4. The van der Waals surface area contributed by atoms with E-state index >= 15 is 0 Å². The van der Waals surface area contributed by atoms with Gasteiger partial charge >= 0.3 is 11.9 Å². The van der Waals surface area contributed by atoms with Crippen molar-refractivity contribution in [3.63, 3.8) is 0 Å². The normalized spacial score (nSPS) is 13.0. The third-order valence-corrected chi connectivity index (χ3v) is 2.69. The van der Waals surface area contributed by atoms with Gasteiger partial charge in [-0.1, -0.05) is 0 Å². The Labute approximate surface area is 139 Å². The lowest BCUT2D eigenvalue weighted by Gasteiger charge is -2.10. The molecule has 24 heavy (non-hydrogen) atoms. The predicted octanol–water partition coefficient (Wildman–Crippen LogP) is 0.502. The van der Waals surface area contributed by atoms with Crippen molar-refractivity contribution < 1.29 is 38.2 Å². The highest BCUT2D eigenvalue weighted by atomic mass is 16.6. The van der Waals surface area contributed by atoms with Crippen molar-refractivity contribution in [3.8, 4) is 0 Å². The zero-order valence-electron chi connectivity index (χ0n) is 14.0. The summed E-state index contributed by atoms with van der Waals surface area (Å²) in [6.07, 6.45) is -1.48. The van der Waals surface area contributed by atoms with Crippen molar-refractivity contribution in [2.24, 2.45) is 0 Å². The van der Waals surface area contributed by atoms with E-state index in [4.69, 9.17) is 9.47 Å². The minimum Gasteiger partial charge on any atom is -0.451 e. The minimum atomic E-state index is -1.13. The molecule has 0 rings (SSSR count). The predicted molar refractivity (Wildman–Crippen MR) is 80.9 cm³/mol.